The molecule has 1 aromatic carbocycles. The van der Waals surface area contributed by atoms with Crippen LogP contribution in [-0.2, 0) is 9.59 Å². The zero-order chi connectivity index (χ0) is 18.4. The lowest BCUT2D eigenvalue weighted by Crippen LogP contribution is -2.48. The molecule has 1 saturated heterocycles. The monoisotopic (exact) mass is 345 g/mol. The van der Waals surface area contributed by atoms with E-state index in [0.29, 0.717) is 6.54 Å². The number of benzene rings is 1. The van der Waals surface area contributed by atoms with Crippen molar-refractivity contribution in [3.63, 3.8) is 0 Å². The van der Waals surface area contributed by atoms with Gasteiger partial charge in [0.05, 0.1) is 12.0 Å². The molecule has 1 aliphatic rings. The molecule has 1 aromatic rings. The zero-order valence-electron chi connectivity index (χ0n) is 15.9. The van der Waals surface area contributed by atoms with Gasteiger partial charge in [-0.05, 0) is 32.5 Å². The summed E-state index contributed by atoms with van der Waals surface area (Å²) in [7, 11) is 4.01. The standard InChI is InChI=1S/C20H31N3O2/c1-15(2)20(25)23-12-8-11-17(13-23)19(24)21-18(14-22(3)4)16-9-6-5-7-10-16/h5-7,9-10,15,17-18H,8,11-14H2,1-4H3,(H,21,24)/t17-,18+/m1/s1. The van der Waals surface area contributed by atoms with E-state index in [1.807, 2.05) is 63.2 Å². The molecule has 5 nitrogen and oxygen atoms in total. The first-order valence-corrected chi connectivity index (χ1v) is 9.17. The van der Waals surface area contributed by atoms with Gasteiger partial charge in [0.1, 0.15) is 0 Å². The minimum absolute atomic E-state index is 0.0207. The Hall–Kier alpha value is -1.88. The first-order valence-electron chi connectivity index (χ1n) is 9.17. The Bertz CT molecular complexity index is 572. The van der Waals surface area contributed by atoms with Gasteiger partial charge in [0.15, 0.2) is 0 Å². The third kappa shape index (κ3) is 5.56. The van der Waals surface area contributed by atoms with Crippen LogP contribution >= 0.6 is 0 Å². The second-order valence-electron chi connectivity index (χ2n) is 7.51. The highest BCUT2D eigenvalue weighted by atomic mass is 16.2. The molecule has 2 rings (SSSR count). The molecule has 25 heavy (non-hydrogen) atoms. The van der Waals surface area contributed by atoms with Crippen molar-refractivity contribution in [3.05, 3.63) is 35.9 Å². The van der Waals surface area contributed by atoms with Crippen LogP contribution in [0.15, 0.2) is 30.3 Å². The summed E-state index contributed by atoms with van der Waals surface area (Å²) in [6.07, 6.45) is 1.73. The van der Waals surface area contributed by atoms with Gasteiger partial charge in [0, 0.05) is 25.6 Å². The molecule has 1 fully saturated rings. The van der Waals surface area contributed by atoms with Crippen molar-refractivity contribution in [2.45, 2.75) is 32.7 Å². The largest absolute Gasteiger partial charge is 0.348 e. The summed E-state index contributed by atoms with van der Waals surface area (Å²) in [6, 6.07) is 10.0. The number of amides is 2. The van der Waals surface area contributed by atoms with Crippen LogP contribution in [0.1, 0.15) is 38.3 Å². The smallest absolute Gasteiger partial charge is 0.225 e. The minimum Gasteiger partial charge on any atom is -0.348 e. The van der Waals surface area contributed by atoms with Crippen LogP contribution in [0.3, 0.4) is 0 Å². The van der Waals surface area contributed by atoms with E-state index in [2.05, 4.69) is 10.2 Å². The summed E-state index contributed by atoms with van der Waals surface area (Å²) in [4.78, 5) is 29.0. The maximum absolute atomic E-state index is 12.8. The molecule has 1 N–H and O–H groups in total. The molecule has 1 heterocycles. The van der Waals surface area contributed by atoms with Crippen molar-refractivity contribution in [2.75, 3.05) is 33.7 Å². The summed E-state index contributed by atoms with van der Waals surface area (Å²) in [5, 5.41) is 3.20. The lowest BCUT2D eigenvalue weighted by atomic mass is 9.95. The minimum atomic E-state index is -0.121. The number of hydrogen-bond donors (Lipinski definition) is 1. The van der Waals surface area contributed by atoms with Gasteiger partial charge in [0.25, 0.3) is 0 Å². The Balaban J connectivity index is 2.03. The molecule has 1 aliphatic heterocycles. The number of hydrogen-bond acceptors (Lipinski definition) is 3. The Morgan fingerprint density at radius 2 is 1.92 bits per heavy atom. The molecular weight excluding hydrogens is 314 g/mol. The molecule has 0 spiro atoms. The first kappa shape index (κ1) is 19.4. The Kier molecular flexibility index (Phi) is 7.00. The summed E-state index contributed by atoms with van der Waals surface area (Å²) < 4.78 is 0. The summed E-state index contributed by atoms with van der Waals surface area (Å²) >= 11 is 0. The number of nitrogens with zero attached hydrogens (tertiary/aromatic N) is 2. The number of rotatable bonds is 6. The van der Waals surface area contributed by atoms with Crippen molar-refractivity contribution < 1.29 is 9.59 Å². The molecule has 0 radical (unpaired) electrons. The summed E-state index contributed by atoms with van der Waals surface area (Å²) in [5.74, 6) is 0.0554. The predicted molar refractivity (Wildman–Crippen MR) is 100 cm³/mol. The average molecular weight is 345 g/mol. The number of nitrogens with one attached hydrogen (secondary N) is 1. The van der Waals surface area contributed by atoms with Gasteiger partial charge < -0.3 is 15.1 Å². The second kappa shape index (κ2) is 8.99. The van der Waals surface area contributed by atoms with Crippen molar-refractivity contribution in [1.82, 2.24) is 15.1 Å². The lowest BCUT2D eigenvalue weighted by molar-refractivity contribution is -0.138. The Morgan fingerprint density at radius 1 is 1.24 bits per heavy atom. The summed E-state index contributed by atoms with van der Waals surface area (Å²) in [5.41, 5.74) is 1.11. The van der Waals surface area contributed by atoms with E-state index >= 15 is 0 Å². The van der Waals surface area contributed by atoms with Gasteiger partial charge in [-0.15, -0.1) is 0 Å². The molecule has 0 saturated carbocycles. The van der Waals surface area contributed by atoms with Crippen LogP contribution in [0, 0.1) is 11.8 Å². The van der Waals surface area contributed by atoms with Gasteiger partial charge in [-0.1, -0.05) is 44.2 Å². The number of likely N-dealkylation sites (tertiary alicyclic amines) is 1. The van der Waals surface area contributed by atoms with E-state index < -0.39 is 0 Å². The highest BCUT2D eigenvalue weighted by Gasteiger charge is 2.30. The van der Waals surface area contributed by atoms with E-state index in [1.165, 1.54) is 0 Å². The second-order valence-corrected chi connectivity index (χ2v) is 7.51. The van der Waals surface area contributed by atoms with Crippen molar-refractivity contribution in [2.24, 2.45) is 11.8 Å². The van der Waals surface area contributed by atoms with E-state index in [-0.39, 0.29) is 29.7 Å². The fraction of sp³-hybridized carbons (Fsp3) is 0.600. The maximum atomic E-state index is 12.8. The van der Waals surface area contributed by atoms with E-state index in [9.17, 15) is 9.59 Å². The normalized spacial score (nSPS) is 19.1. The fourth-order valence-electron chi connectivity index (χ4n) is 3.33. The van der Waals surface area contributed by atoms with Crippen molar-refractivity contribution >= 4 is 11.8 Å². The highest BCUT2D eigenvalue weighted by Crippen LogP contribution is 2.21. The third-order valence-corrected chi connectivity index (χ3v) is 4.66. The van der Waals surface area contributed by atoms with Crippen LogP contribution in [0.25, 0.3) is 0 Å². The van der Waals surface area contributed by atoms with Gasteiger partial charge in [-0.2, -0.15) is 0 Å². The number of piperidine rings is 1. The lowest BCUT2D eigenvalue weighted by Gasteiger charge is -2.34. The topological polar surface area (TPSA) is 52.7 Å². The molecule has 138 valence electrons. The Morgan fingerprint density at radius 3 is 2.52 bits per heavy atom. The van der Waals surface area contributed by atoms with Gasteiger partial charge in [-0.25, -0.2) is 0 Å². The zero-order valence-corrected chi connectivity index (χ0v) is 15.9. The molecule has 0 bridgehead atoms. The molecule has 2 atom stereocenters. The molecule has 5 heteroatoms. The molecule has 2 amide bonds. The van der Waals surface area contributed by atoms with E-state index in [4.69, 9.17) is 0 Å². The highest BCUT2D eigenvalue weighted by molar-refractivity contribution is 5.82. The molecule has 0 unspecified atom stereocenters. The number of carbonyl (C=O) groups is 2. The predicted octanol–water partition coefficient (Wildman–Crippen LogP) is 2.30. The Labute approximate surface area is 151 Å². The van der Waals surface area contributed by atoms with Gasteiger partial charge in [-0.3, -0.25) is 9.59 Å². The van der Waals surface area contributed by atoms with Crippen LogP contribution < -0.4 is 5.32 Å². The quantitative estimate of drug-likeness (QED) is 0.861. The average Bonchev–Trinajstić information content (AvgIpc) is 2.60. The van der Waals surface area contributed by atoms with Crippen LogP contribution in [0.5, 0.6) is 0 Å². The van der Waals surface area contributed by atoms with Crippen molar-refractivity contribution in [3.8, 4) is 0 Å². The van der Waals surface area contributed by atoms with E-state index in [1.54, 1.807) is 0 Å². The molecule has 0 aliphatic carbocycles. The summed E-state index contributed by atoms with van der Waals surface area (Å²) in [6.45, 7) is 5.87. The third-order valence-electron chi connectivity index (χ3n) is 4.66. The fourth-order valence-corrected chi connectivity index (χ4v) is 3.33. The van der Waals surface area contributed by atoms with Crippen LogP contribution in [0.2, 0.25) is 0 Å². The molecule has 0 aromatic heterocycles. The van der Waals surface area contributed by atoms with Gasteiger partial charge in [0.2, 0.25) is 11.8 Å². The maximum Gasteiger partial charge on any atom is 0.225 e. The van der Waals surface area contributed by atoms with E-state index in [0.717, 1.165) is 31.5 Å². The van der Waals surface area contributed by atoms with Crippen LogP contribution in [-0.4, -0.2) is 55.3 Å². The van der Waals surface area contributed by atoms with Crippen molar-refractivity contribution in [1.29, 1.82) is 0 Å². The SMILES string of the molecule is CC(C)C(=O)N1CCC[C@@H](C(=O)N[C@@H](CN(C)C)c2ccccc2)C1. The molecular formula is C20H31N3O2. The first-order chi connectivity index (χ1) is 11.9. The van der Waals surface area contributed by atoms with Crippen LogP contribution in [0.4, 0.5) is 0 Å². The number of carbonyl (C=O) groups excluding carboxylic acids is 2. The van der Waals surface area contributed by atoms with Gasteiger partial charge >= 0.3 is 0 Å². The number of likely N-dealkylation sites (N-methyl/N-ethyl adjacent to an activating group) is 1.